The van der Waals surface area contributed by atoms with Crippen LogP contribution in [0.25, 0.3) is 0 Å². The summed E-state index contributed by atoms with van der Waals surface area (Å²) < 4.78 is 0. The van der Waals surface area contributed by atoms with Crippen molar-refractivity contribution < 1.29 is 4.79 Å². The van der Waals surface area contributed by atoms with Gasteiger partial charge in [0, 0.05) is 17.0 Å². The molecule has 1 aromatic rings. The molecule has 0 aliphatic heterocycles. The lowest BCUT2D eigenvalue weighted by molar-refractivity contribution is -0.113. The van der Waals surface area contributed by atoms with E-state index in [9.17, 15) is 4.79 Å². The molecule has 0 spiro atoms. The van der Waals surface area contributed by atoms with Gasteiger partial charge in [-0.1, -0.05) is 32.9 Å². The summed E-state index contributed by atoms with van der Waals surface area (Å²) in [5.41, 5.74) is 8.96. The van der Waals surface area contributed by atoms with Crippen LogP contribution in [-0.2, 0) is 4.79 Å². The molecular weight excluding hydrogens is 224 g/mol. The molecule has 1 amide bonds. The number of amides is 1. The Bertz CT molecular complexity index is 440. The fraction of sp³-hybridized carbons (Fsp3) is 0.400. The van der Waals surface area contributed by atoms with Gasteiger partial charge < -0.3 is 11.1 Å². The van der Waals surface area contributed by atoms with Gasteiger partial charge in [0.15, 0.2) is 0 Å². The number of nitrogens with two attached hydrogens (primary N) is 1. The number of hydrogen-bond acceptors (Lipinski definition) is 2. The van der Waals surface area contributed by atoms with E-state index in [0.717, 1.165) is 5.69 Å². The topological polar surface area (TPSA) is 55.1 Å². The molecule has 0 unspecified atom stereocenters. The lowest BCUT2D eigenvalue weighted by atomic mass is 10.0. The summed E-state index contributed by atoms with van der Waals surface area (Å²) in [4.78, 5) is 12.0. The van der Waals surface area contributed by atoms with Crippen LogP contribution in [0.2, 0.25) is 0 Å². The third kappa shape index (κ3) is 3.62. The second-order valence-electron chi connectivity index (χ2n) is 4.75. The highest BCUT2D eigenvalue weighted by Crippen LogP contribution is 2.18. The Morgan fingerprint density at radius 3 is 2.22 bits per heavy atom. The molecule has 0 atom stereocenters. The van der Waals surface area contributed by atoms with Gasteiger partial charge in [-0.25, -0.2) is 0 Å². The largest absolute Gasteiger partial charge is 0.402 e. The van der Waals surface area contributed by atoms with Crippen molar-refractivity contribution in [3.8, 4) is 0 Å². The molecule has 18 heavy (non-hydrogen) atoms. The third-order valence-corrected chi connectivity index (χ3v) is 2.94. The molecule has 0 aromatic heterocycles. The van der Waals surface area contributed by atoms with E-state index in [0.29, 0.717) is 23.6 Å². The van der Waals surface area contributed by atoms with Crippen LogP contribution in [0, 0.1) is 0 Å². The summed E-state index contributed by atoms with van der Waals surface area (Å²) in [6.45, 7) is 7.96. The van der Waals surface area contributed by atoms with E-state index in [2.05, 4.69) is 19.2 Å². The van der Waals surface area contributed by atoms with Crippen LogP contribution >= 0.6 is 0 Å². The van der Waals surface area contributed by atoms with Crippen molar-refractivity contribution in [2.75, 3.05) is 5.32 Å². The molecule has 0 fully saturated rings. The van der Waals surface area contributed by atoms with Gasteiger partial charge >= 0.3 is 0 Å². The van der Waals surface area contributed by atoms with Gasteiger partial charge in [-0.15, -0.1) is 0 Å². The quantitative estimate of drug-likeness (QED) is 0.800. The van der Waals surface area contributed by atoms with Gasteiger partial charge in [-0.3, -0.25) is 4.79 Å². The van der Waals surface area contributed by atoms with Gasteiger partial charge in [0.2, 0.25) is 0 Å². The van der Waals surface area contributed by atoms with Crippen LogP contribution in [0.15, 0.2) is 35.5 Å². The number of carbonyl (C=O) groups excluding carboxylic acids is 1. The lowest BCUT2D eigenvalue weighted by Crippen LogP contribution is -2.17. The smallest absolute Gasteiger partial charge is 0.253 e. The van der Waals surface area contributed by atoms with Crippen LogP contribution < -0.4 is 11.1 Å². The Hall–Kier alpha value is -1.77. The minimum atomic E-state index is -0.116. The van der Waals surface area contributed by atoms with Crippen molar-refractivity contribution in [2.45, 2.75) is 40.0 Å². The maximum absolute atomic E-state index is 12.0. The molecule has 0 saturated carbocycles. The van der Waals surface area contributed by atoms with E-state index < -0.39 is 0 Å². The predicted molar refractivity (Wildman–Crippen MR) is 76.3 cm³/mol. The minimum Gasteiger partial charge on any atom is -0.402 e. The third-order valence-electron chi connectivity index (χ3n) is 2.94. The molecule has 98 valence electrons. The Kier molecular flexibility index (Phi) is 4.95. The van der Waals surface area contributed by atoms with E-state index in [1.807, 2.05) is 31.2 Å². The minimum absolute atomic E-state index is 0.116. The molecule has 1 aromatic carbocycles. The van der Waals surface area contributed by atoms with Gasteiger partial charge in [0.1, 0.15) is 0 Å². The first-order valence-corrected chi connectivity index (χ1v) is 6.32. The van der Waals surface area contributed by atoms with Gasteiger partial charge in [-0.05, 0) is 37.0 Å². The van der Waals surface area contributed by atoms with Crippen molar-refractivity contribution in [1.29, 1.82) is 0 Å². The molecule has 0 bridgehead atoms. The van der Waals surface area contributed by atoms with Crippen molar-refractivity contribution >= 4 is 11.6 Å². The monoisotopic (exact) mass is 246 g/mol. The van der Waals surface area contributed by atoms with Crippen LogP contribution in [0.5, 0.6) is 0 Å². The second kappa shape index (κ2) is 6.24. The summed E-state index contributed by atoms with van der Waals surface area (Å²) in [5, 5.41) is 2.86. The van der Waals surface area contributed by atoms with E-state index in [1.165, 1.54) is 5.56 Å². The summed E-state index contributed by atoms with van der Waals surface area (Å²) in [6.07, 6.45) is 0.637. The number of nitrogens with one attached hydrogen (secondary N) is 1. The first kappa shape index (κ1) is 14.3. The highest BCUT2D eigenvalue weighted by atomic mass is 16.1. The highest BCUT2D eigenvalue weighted by Gasteiger charge is 2.10. The first-order chi connectivity index (χ1) is 8.45. The summed E-state index contributed by atoms with van der Waals surface area (Å²) in [6, 6.07) is 7.91. The Labute approximate surface area is 109 Å². The normalized spacial score (nSPS) is 12.3. The molecule has 0 aliphatic rings. The zero-order chi connectivity index (χ0) is 13.7. The predicted octanol–water partition coefficient (Wildman–Crippen LogP) is 3.39. The fourth-order valence-corrected chi connectivity index (χ4v) is 1.78. The summed E-state index contributed by atoms with van der Waals surface area (Å²) in [7, 11) is 0. The van der Waals surface area contributed by atoms with Crippen molar-refractivity contribution in [3.05, 3.63) is 41.1 Å². The Balaban J connectivity index is 2.80. The number of allylic oxidation sites excluding steroid dienone is 1. The van der Waals surface area contributed by atoms with Crippen molar-refractivity contribution in [1.82, 2.24) is 0 Å². The van der Waals surface area contributed by atoms with Crippen LogP contribution in [0.3, 0.4) is 0 Å². The molecule has 0 aliphatic carbocycles. The zero-order valence-electron chi connectivity index (χ0n) is 11.6. The molecule has 3 nitrogen and oxygen atoms in total. The molecule has 1 rings (SSSR count). The SMILES string of the molecule is CC/C(C(=O)Nc1ccc(C(C)C)cc1)=C(\C)N. The number of carbonyl (C=O) groups is 1. The molecule has 0 heterocycles. The van der Waals surface area contributed by atoms with Gasteiger partial charge in [-0.2, -0.15) is 0 Å². The molecule has 3 heteroatoms. The number of benzene rings is 1. The molecule has 0 radical (unpaired) electrons. The standard InChI is InChI=1S/C15H22N2O/c1-5-14(11(4)16)15(18)17-13-8-6-12(7-9-13)10(2)3/h6-10H,5,16H2,1-4H3,(H,17,18)/b14-11-. The summed E-state index contributed by atoms with van der Waals surface area (Å²) >= 11 is 0. The van der Waals surface area contributed by atoms with Gasteiger partial charge in [0.05, 0.1) is 0 Å². The number of hydrogen-bond donors (Lipinski definition) is 2. The molecular formula is C15H22N2O. The van der Waals surface area contributed by atoms with E-state index in [-0.39, 0.29) is 5.91 Å². The average Bonchev–Trinajstić information content (AvgIpc) is 2.29. The first-order valence-electron chi connectivity index (χ1n) is 6.32. The van der Waals surface area contributed by atoms with Crippen molar-refractivity contribution in [3.63, 3.8) is 0 Å². The van der Waals surface area contributed by atoms with E-state index >= 15 is 0 Å². The average molecular weight is 246 g/mol. The van der Waals surface area contributed by atoms with Crippen LogP contribution in [0.1, 0.15) is 45.6 Å². The fourth-order valence-electron chi connectivity index (χ4n) is 1.78. The van der Waals surface area contributed by atoms with Crippen molar-refractivity contribution in [2.24, 2.45) is 5.73 Å². The lowest BCUT2D eigenvalue weighted by Gasteiger charge is -2.10. The second-order valence-corrected chi connectivity index (χ2v) is 4.75. The Morgan fingerprint density at radius 2 is 1.83 bits per heavy atom. The number of anilines is 1. The van der Waals surface area contributed by atoms with Crippen LogP contribution in [0.4, 0.5) is 5.69 Å². The zero-order valence-corrected chi connectivity index (χ0v) is 11.6. The molecule has 3 N–H and O–H groups in total. The number of rotatable bonds is 4. The van der Waals surface area contributed by atoms with Crippen LogP contribution in [-0.4, -0.2) is 5.91 Å². The summed E-state index contributed by atoms with van der Waals surface area (Å²) in [5.74, 6) is 0.377. The van der Waals surface area contributed by atoms with E-state index in [4.69, 9.17) is 5.73 Å². The highest BCUT2D eigenvalue weighted by molar-refractivity contribution is 6.04. The Morgan fingerprint density at radius 1 is 1.28 bits per heavy atom. The van der Waals surface area contributed by atoms with Gasteiger partial charge in [0.25, 0.3) is 5.91 Å². The maximum atomic E-state index is 12.0. The maximum Gasteiger partial charge on any atom is 0.253 e. The molecule has 0 saturated heterocycles. The van der Waals surface area contributed by atoms with E-state index in [1.54, 1.807) is 6.92 Å².